The van der Waals surface area contributed by atoms with E-state index in [1.165, 1.54) is 11.8 Å². The minimum atomic E-state index is -0.523. The minimum absolute atomic E-state index is 0.170. The molecule has 128 valence electrons. The fraction of sp³-hybridized carbons (Fsp3) is 0.333. The van der Waals surface area contributed by atoms with E-state index in [0.717, 1.165) is 0 Å². The average Bonchev–Trinajstić information content (AvgIpc) is 3.07. The lowest BCUT2D eigenvalue weighted by Crippen LogP contribution is -2.88. The molecule has 6 nitrogen and oxygen atoms in total. The van der Waals surface area contributed by atoms with Gasteiger partial charge in [-0.25, -0.2) is 4.79 Å². The zero-order valence-electron chi connectivity index (χ0n) is 14.0. The lowest BCUT2D eigenvalue weighted by molar-refractivity contribution is -0.692. The van der Waals surface area contributed by atoms with Gasteiger partial charge in [0.2, 0.25) is 0 Å². The molecular formula is C18H24N3O3+. The summed E-state index contributed by atoms with van der Waals surface area (Å²) in [5.41, 5.74) is 1.17. The Morgan fingerprint density at radius 2 is 1.88 bits per heavy atom. The molecule has 4 N–H and O–H groups in total. The Morgan fingerprint density at radius 1 is 1.12 bits per heavy atom. The van der Waals surface area contributed by atoms with Crippen LogP contribution < -0.4 is 16.0 Å². The predicted octanol–water partition coefficient (Wildman–Crippen LogP) is 1.57. The van der Waals surface area contributed by atoms with Crippen LogP contribution in [0.2, 0.25) is 0 Å². The third-order valence-corrected chi connectivity index (χ3v) is 3.72. The maximum absolute atomic E-state index is 11.9. The summed E-state index contributed by atoms with van der Waals surface area (Å²) in [5.74, 6) is 0.676. The van der Waals surface area contributed by atoms with Crippen LogP contribution in [0, 0.1) is 5.92 Å². The highest BCUT2D eigenvalue weighted by Gasteiger charge is 2.20. The Kier molecular flexibility index (Phi) is 6.57. The summed E-state index contributed by atoms with van der Waals surface area (Å²) in [7, 11) is 0. The molecule has 0 bridgehead atoms. The highest BCUT2D eigenvalue weighted by atomic mass is 16.3. The number of amides is 3. The highest BCUT2D eigenvalue weighted by molar-refractivity contribution is 5.94. The first-order valence-electron chi connectivity index (χ1n) is 8.04. The molecule has 1 aromatic heterocycles. The lowest BCUT2D eigenvalue weighted by atomic mass is 9.96. The molecule has 2 rings (SSSR count). The molecule has 1 atom stereocenters. The van der Waals surface area contributed by atoms with E-state index in [4.69, 9.17) is 4.42 Å². The molecule has 0 aliphatic rings. The van der Waals surface area contributed by atoms with Crippen molar-refractivity contribution in [1.82, 2.24) is 10.6 Å². The molecule has 0 spiro atoms. The van der Waals surface area contributed by atoms with Crippen LogP contribution >= 0.6 is 0 Å². The number of hydrogen-bond acceptors (Lipinski definition) is 3. The van der Waals surface area contributed by atoms with Crippen molar-refractivity contribution in [2.45, 2.75) is 26.4 Å². The van der Waals surface area contributed by atoms with Crippen LogP contribution in [0.4, 0.5) is 4.79 Å². The first kappa shape index (κ1) is 17.7. The van der Waals surface area contributed by atoms with Crippen LogP contribution in [-0.2, 0) is 11.3 Å². The molecule has 2 aromatic rings. The Morgan fingerprint density at radius 3 is 2.50 bits per heavy atom. The SMILES string of the molecule is CC(C)[C@@H]([NH2+]CC(=O)NC(=O)NCc1ccco1)c1ccccc1. The lowest BCUT2D eigenvalue weighted by Gasteiger charge is -2.19. The fourth-order valence-electron chi connectivity index (χ4n) is 2.50. The van der Waals surface area contributed by atoms with Crippen LogP contribution in [0.25, 0.3) is 0 Å². The second-order valence-corrected chi connectivity index (χ2v) is 5.93. The van der Waals surface area contributed by atoms with Crippen LogP contribution in [0.3, 0.4) is 0 Å². The number of nitrogens with two attached hydrogens (primary N) is 1. The van der Waals surface area contributed by atoms with Crippen LogP contribution in [0.1, 0.15) is 31.2 Å². The minimum Gasteiger partial charge on any atom is -0.467 e. The second-order valence-electron chi connectivity index (χ2n) is 5.93. The van der Waals surface area contributed by atoms with Crippen molar-refractivity contribution in [3.8, 4) is 0 Å². The van der Waals surface area contributed by atoms with Crippen molar-refractivity contribution in [2.24, 2.45) is 5.92 Å². The largest absolute Gasteiger partial charge is 0.467 e. The van der Waals surface area contributed by atoms with Crippen LogP contribution in [0.5, 0.6) is 0 Å². The maximum Gasteiger partial charge on any atom is 0.321 e. The smallest absolute Gasteiger partial charge is 0.321 e. The molecule has 0 aliphatic heterocycles. The van der Waals surface area contributed by atoms with E-state index in [9.17, 15) is 9.59 Å². The molecule has 6 heteroatoms. The summed E-state index contributed by atoms with van der Waals surface area (Å²) in [6.07, 6.45) is 1.53. The average molecular weight is 330 g/mol. The van der Waals surface area contributed by atoms with Crippen molar-refractivity contribution in [3.05, 3.63) is 60.1 Å². The molecule has 0 aliphatic carbocycles. The van der Waals surface area contributed by atoms with Gasteiger partial charge >= 0.3 is 6.03 Å². The van der Waals surface area contributed by atoms with Crippen molar-refractivity contribution >= 4 is 11.9 Å². The van der Waals surface area contributed by atoms with Gasteiger partial charge in [0.15, 0.2) is 6.54 Å². The number of furan rings is 1. The number of imide groups is 1. The van der Waals surface area contributed by atoms with Gasteiger partial charge in [-0.05, 0) is 12.1 Å². The van der Waals surface area contributed by atoms with E-state index in [-0.39, 0.29) is 25.0 Å². The summed E-state index contributed by atoms with van der Waals surface area (Å²) in [6, 6.07) is 13.2. The van der Waals surface area contributed by atoms with Gasteiger partial charge in [0.05, 0.1) is 12.8 Å². The van der Waals surface area contributed by atoms with Crippen molar-refractivity contribution in [1.29, 1.82) is 0 Å². The van der Waals surface area contributed by atoms with E-state index in [2.05, 4.69) is 36.6 Å². The molecule has 1 heterocycles. The van der Waals surface area contributed by atoms with Crippen molar-refractivity contribution in [3.63, 3.8) is 0 Å². The molecule has 24 heavy (non-hydrogen) atoms. The normalized spacial score (nSPS) is 12.0. The molecule has 0 fully saturated rings. The number of carbonyl (C=O) groups excluding carboxylic acids is 2. The third-order valence-electron chi connectivity index (χ3n) is 3.72. The van der Waals surface area contributed by atoms with E-state index >= 15 is 0 Å². The second kappa shape index (κ2) is 8.88. The predicted molar refractivity (Wildman–Crippen MR) is 89.9 cm³/mol. The van der Waals surface area contributed by atoms with Crippen molar-refractivity contribution < 1.29 is 19.3 Å². The molecule has 3 amide bonds. The van der Waals surface area contributed by atoms with Crippen molar-refractivity contribution in [2.75, 3.05) is 6.54 Å². The molecule has 1 aromatic carbocycles. The van der Waals surface area contributed by atoms with E-state index in [1.807, 2.05) is 23.5 Å². The quantitative estimate of drug-likeness (QED) is 0.720. The summed E-state index contributed by atoms with van der Waals surface area (Å²) < 4.78 is 5.11. The van der Waals surface area contributed by atoms with Gasteiger partial charge in [-0.3, -0.25) is 10.1 Å². The molecule has 0 saturated carbocycles. The first-order chi connectivity index (χ1) is 11.6. The zero-order valence-corrected chi connectivity index (χ0v) is 14.0. The Labute approximate surface area is 141 Å². The van der Waals surface area contributed by atoms with Gasteiger partial charge in [-0.2, -0.15) is 0 Å². The summed E-state index contributed by atoms with van der Waals surface area (Å²) in [6.45, 7) is 4.66. The number of rotatable bonds is 7. The number of quaternary nitrogens is 1. The monoisotopic (exact) mass is 330 g/mol. The number of benzene rings is 1. The van der Waals surface area contributed by atoms with Gasteiger partial charge < -0.3 is 15.1 Å². The number of carbonyl (C=O) groups is 2. The maximum atomic E-state index is 11.9. The van der Waals surface area contributed by atoms with E-state index in [1.54, 1.807) is 12.1 Å². The zero-order chi connectivity index (χ0) is 17.4. The number of urea groups is 1. The third kappa shape index (κ3) is 5.55. The Hall–Kier alpha value is -2.60. The highest BCUT2D eigenvalue weighted by Crippen LogP contribution is 2.16. The molecular weight excluding hydrogens is 306 g/mol. The van der Waals surface area contributed by atoms with Gasteiger partial charge in [-0.15, -0.1) is 0 Å². The fourth-order valence-corrected chi connectivity index (χ4v) is 2.50. The summed E-state index contributed by atoms with van der Waals surface area (Å²) in [4.78, 5) is 23.6. The van der Waals surface area contributed by atoms with Gasteiger partial charge in [0.25, 0.3) is 5.91 Å². The molecule has 0 saturated heterocycles. The Balaban J connectivity index is 1.77. The van der Waals surface area contributed by atoms with E-state index in [0.29, 0.717) is 11.7 Å². The van der Waals surface area contributed by atoms with Gasteiger partial charge in [-0.1, -0.05) is 44.2 Å². The van der Waals surface area contributed by atoms with Crippen LogP contribution in [-0.4, -0.2) is 18.5 Å². The number of nitrogens with one attached hydrogen (secondary N) is 2. The Bertz CT molecular complexity index is 639. The van der Waals surface area contributed by atoms with Gasteiger partial charge in [0.1, 0.15) is 11.8 Å². The van der Waals surface area contributed by atoms with Crippen LogP contribution in [0.15, 0.2) is 53.1 Å². The molecule has 0 radical (unpaired) electrons. The van der Waals surface area contributed by atoms with E-state index < -0.39 is 6.03 Å². The van der Waals surface area contributed by atoms with Gasteiger partial charge in [0, 0.05) is 11.5 Å². The molecule has 0 unspecified atom stereocenters. The summed E-state index contributed by atoms with van der Waals surface area (Å²) in [5, 5.41) is 6.86. The topological polar surface area (TPSA) is 88.0 Å². The standard InChI is InChI=1S/C18H23N3O3/c1-13(2)17(14-7-4-3-5-8-14)19-12-16(22)21-18(23)20-11-15-9-6-10-24-15/h3-10,13,17,19H,11-12H2,1-2H3,(H2,20,21,22,23)/p+1/t17-/m1/s1. The number of hydrogen-bond donors (Lipinski definition) is 3. The first-order valence-corrected chi connectivity index (χ1v) is 8.04. The summed E-state index contributed by atoms with van der Waals surface area (Å²) >= 11 is 0.